The summed E-state index contributed by atoms with van der Waals surface area (Å²) in [5.41, 5.74) is 1.42. The van der Waals surface area contributed by atoms with Crippen LogP contribution in [0.1, 0.15) is 30.9 Å². The molecule has 1 atom stereocenters. The minimum absolute atomic E-state index is 0.672. The number of rotatable bonds is 1. The van der Waals surface area contributed by atoms with Gasteiger partial charge in [0.15, 0.2) is 0 Å². The van der Waals surface area contributed by atoms with Crippen LogP contribution >= 0.6 is 11.6 Å². The number of quaternary nitrogens is 1. The molecule has 1 fully saturated rings. The van der Waals surface area contributed by atoms with E-state index in [4.69, 9.17) is 11.6 Å². The molecule has 1 aromatic carbocycles. The Morgan fingerprint density at radius 1 is 1.15 bits per heavy atom. The molecule has 0 aromatic heterocycles. The lowest BCUT2D eigenvalue weighted by Crippen LogP contribution is -2.86. The molecule has 0 aliphatic carbocycles. The van der Waals surface area contributed by atoms with Gasteiger partial charge in [-0.3, -0.25) is 0 Å². The maximum absolute atomic E-state index is 5.84. The second kappa shape index (κ2) is 4.12. The van der Waals surface area contributed by atoms with E-state index in [9.17, 15) is 0 Å². The van der Waals surface area contributed by atoms with Crippen LogP contribution in [0.25, 0.3) is 0 Å². The van der Waals surface area contributed by atoms with Crippen LogP contribution in [0, 0.1) is 0 Å². The van der Waals surface area contributed by atoms with Crippen molar-refractivity contribution < 1.29 is 5.32 Å². The van der Waals surface area contributed by atoms with Crippen LogP contribution in [0.3, 0.4) is 0 Å². The van der Waals surface area contributed by atoms with Gasteiger partial charge in [0, 0.05) is 17.0 Å². The highest BCUT2D eigenvalue weighted by Crippen LogP contribution is 2.19. The van der Waals surface area contributed by atoms with Gasteiger partial charge in [-0.1, -0.05) is 23.7 Å². The van der Waals surface area contributed by atoms with Gasteiger partial charge in [0.1, 0.15) is 6.04 Å². The standard InChI is InChI=1S/C11H14ClN/c12-10-6-4-9(5-7-10)11-3-1-2-8-13-11/h4-7,11,13H,1-3,8H2/p+1/t11-/m1/s1. The first kappa shape index (κ1) is 9.04. The van der Waals surface area contributed by atoms with Crippen LogP contribution in [-0.4, -0.2) is 6.54 Å². The van der Waals surface area contributed by atoms with Crippen molar-refractivity contribution in [1.29, 1.82) is 0 Å². The third-order valence-electron chi connectivity index (χ3n) is 2.72. The molecule has 1 nitrogen and oxygen atoms in total. The highest BCUT2D eigenvalue weighted by molar-refractivity contribution is 6.30. The zero-order valence-corrected chi connectivity index (χ0v) is 8.43. The fourth-order valence-electron chi connectivity index (χ4n) is 1.96. The number of halogens is 1. The van der Waals surface area contributed by atoms with Crippen molar-refractivity contribution in [1.82, 2.24) is 0 Å². The first-order chi connectivity index (χ1) is 6.36. The van der Waals surface area contributed by atoms with Gasteiger partial charge in [-0.25, -0.2) is 0 Å². The summed E-state index contributed by atoms with van der Waals surface area (Å²) in [7, 11) is 0. The van der Waals surface area contributed by atoms with Crippen LogP contribution in [0.2, 0.25) is 5.02 Å². The molecule has 1 aliphatic heterocycles. The fraction of sp³-hybridized carbons (Fsp3) is 0.455. The van der Waals surface area contributed by atoms with E-state index in [0.717, 1.165) is 5.02 Å². The number of hydrogen-bond donors (Lipinski definition) is 1. The molecule has 2 rings (SSSR count). The minimum atomic E-state index is 0.672. The van der Waals surface area contributed by atoms with Crippen LogP contribution in [0.15, 0.2) is 24.3 Å². The van der Waals surface area contributed by atoms with Gasteiger partial charge in [-0.15, -0.1) is 0 Å². The molecular weight excluding hydrogens is 182 g/mol. The van der Waals surface area contributed by atoms with Gasteiger partial charge < -0.3 is 5.32 Å². The van der Waals surface area contributed by atoms with E-state index in [0.29, 0.717) is 6.04 Å². The average Bonchev–Trinajstić information content (AvgIpc) is 2.20. The van der Waals surface area contributed by atoms with Crippen LogP contribution in [-0.2, 0) is 0 Å². The Morgan fingerprint density at radius 2 is 1.92 bits per heavy atom. The minimum Gasteiger partial charge on any atom is -0.340 e. The lowest BCUT2D eigenvalue weighted by Gasteiger charge is -2.20. The third-order valence-corrected chi connectivity index (χ3v) is 2.97. The van der Waals surface area contributed by atoms with Crippen molar-refractivity contribution in [3.05, 3.63) is 34.9 Å². The van der Waals surface area contributed by atoms with Crippen molar-refractivity contribution >= 4 is 11.6 Å². The van der Waals surface area contributed by atoms with Crippen molar-refractivity contribution in [2.75, 3.05) is 6.54 Å². The molecule has 0 saturated carbocycles. The predicted octanol–water partition coefficient (Wildman–Crippen LogP) is 2.13. The van der Waals surface area contributed by atoms with Gasteiger partial charge in [0.25, 0.3) is 0 Å². The van der Waals surface area contributed by atoms with Crippen molar-refractivity contribution in [3.63, 3.8) is 0 Å². The summed E-state index contributed by atoms with van der Waals surface area (Å²) in [6, 6.07) is 8.94. The lowest BCUT2D eigenvalue weighted by molar-refractivity contribution is -0.704. The molecule has 1 aromatic rings. The largest absolute Gasteiger partial charge is 0.340 e. The van der Waals surface area contributed by atoms with E-state index in [1.807, 2.05) is 12.1 Å². The maximum atomic E-state index is 5.84. The van der Waals surface area contributed by atoms with E-state index in [1.165, 1.54) is 31.4 Å². The maximum Gasteiger partial charge on any atom is 0.112 e. The summed E-state index contributed by atoms with van der Waals surface area (Å²) >= 11 is 5.84. The fourth-order valence-corrected chi connectivity index (χ4v) is 2.08. The second-order valence-electron chi connectivity index (χ2n) is 3.68. The summed E-state index contributed by atoms with van der Waals surface area (Å²) < 4.78 is 0. The van der Waals surface area contributed by atoms with E-state index >= 15 is 0 Å². The molecule has 0 spiro atoms. The Balaban J connectivity index is 2.10. The molecule has 0 radical (unpaired) electrons. The molecular formula is C11H15ClN+. The Kier molecular flexibility index (Phi) is 2.87. The molecule has 0 amide bonds. The highest BCUT2D eigenvalue weighted by atomic mass is 35.5. The SMILES string of the molecule is Clc1ccc([C@H]2CCCC[NH2+]2)cc1. The zero-order chi connectivity index (χ0) is 9.10. The molecule has 0 unspecified atom stereocenters. The first-order valence-electron chi connectivity index (χ1n) is 4.95. The second-order valence-corrected chi connectivity index (χ2v) is 4.11. The van der Waals surface area contributed by atoms with Crippen molar-refractivity contribution in [3.8, 4) is 0 Å². The summed E-state index contributed by atoms with van der Waals surface area (Å²) in [6.45, 7) is 1.27. The monoisotopic (exact) mass is 196 g/mol. The summed E-state index contributed by atoms with van der Waals surface area (Å²) in [4.78, 5) is 0. The van der Waals surface area contributed by atoms with Gasteiger partial charge in [-0.2, -0.15) is 0 Å². The number of hydrogen-bond acceptors (Lipinski definition) is 0. The molecule has 2 N–H and O–H groups in total. The Morgan fingerprint density at radius 3 is 2.54 bits per heavy atom. The molecule has 0 bridgehead atoms. The Bertz CT molecular complexity index is 262. The number of nitrogens with two attached hydrogens (primary N) is 1. The van der Waals surface area contributed by atoms with E-state index in [1.54, 1.807) is 0 Å². The first-order valence-corrected chi connectivity index (χ1v) is 5.33. The lowest BCUT2D eigenvalue weighted by atomic mass is 9.98. The molecule has 2 heteroatoms. The Hall–Kier alpha value is -0.530. The van der Waals surface area contributed by atoms with Gasteiger partial charge in [-0.05, 0) is 25.0 Å². The molecule has 1 aliphatic rings. The zero-order valence-electron chi connectivity index (χ0n) is 7.67. The van der Waals surface area contributed by atoms with Gasteiger partial charge in [0.2, 0.25) is 0 Å². The Labute approximate surface area is 84.1 Å². The number of piperidine rings is 1. The van der Waals surface area contributed by atoms with E-state index < -0.39 is 0 Å². The smallest absolute Gasteiger partial charge is 0.112 e. The summed E-state index contributed by atoms with van der Waals surface area (Å²) in [6.07, 6.45) is 4.04. The topological polar surface area (TPSA) is 16.6 Å². The molecule has 1 heterocycles. The van der Waals surface area contributed by atoms with Crippen LogP contribution in [0.5, 0.6) is 0 Å². The normalized spacial score (nSPS) is 23.0. The summed E-state index contributed by atoms with van der Waals surface area (Å²) in [5, 5.41) is 3.27. The predicted molar refractivity (Wildman–Crippen MR) is 54.8 cm³/mol. The highest BCUT2D eigenvalue weighted by Gasteiger charge is 2.17. The number of benzene rings is 1. The van der Waals surface area contributed by atoms with Gasteiger partial charge in [0.05, 0.1) is 6.54 Å². The summed E-state index contributed by atoms with van der Waals surface area (Å²) in [5.74, 6) is 0. The third kappa shape index (κ3) is 2.23. The molecule has 13 heavy (non-hydrogen) atoms. The van der Waals surface area contributed by atoms with Crippen molar-refractivity contribution in [2.45, 2.75) is 25.3 Å². The molecule has 1 saturated heterocycles. The van der Waals surface area contributed by atoms with Gasteiger partial charge >= 0.3 is 0 Å². The molecule has 70 valence electrons. The van der Waals surface area contributed by atoms with E-state index in [2.05, 4.69) is 17.4 Å². The van der Waals surface area contributed by atoms with E-state index in [-0.39, 0.29) is 0 Å². The quantitative estimate of drug-likeness (QED) is 0.709. The van der Waals surface area contributed by atoms with Crippen molar-refractivity contribution in [2.24, 2.45) is 0 Å². The average molecular weight is 197 g/mol. The van der Waals surface area contributed by atoms with Crippen LogP contribution < -0.4 is 5.32 Å². The van der Waals surface area contributed by atoms with Crippen LogP contribution in [0.4, 0.5) is 0 Å².